The summed E-state index contributed by atoms with van der Waals surface area (Å²) >= 11 is 0. The topological polar surface area (TPSA) is 48.1 Å². The van der Waals surface area contributed by atoms with Crippen LogP contribution in [0.5, 0.6) is 0 Å². The lowest BCUT2D eigenvalue weighted by molar-refractivity contribution is -0.131. The van der Waals surface area contributed by atoms with Gasteiger partial charge in [0.15, 0.2) is 0 Å². The highest BCUT2D eigenvalue weighted by atomic mass is 16.2. The van der Waals surface area contributed by atoms with Gasteiger partial charge < -0.3 is 15.2 Å². The molecular formula is C16H21N3O. The number of hydrogen-bond acceptors (Lipinski definition) is 2. The van der Waals surface area contributed by atoms with E-state index < -0.39 is 0 Å². The molecule has 4 nitrogen and oxygen atoms in total. The average molecular weight is 271 g/mol. The van der Waals surface area contributed by atoms with Crippen LogP contribution in [0.4, 0.5) is 0 Å². The van der Waals surface area contributed by atoms with Crippen molar-refractivity contribution in [2.75, 3.05) is 26.2 Å². The summed E-state index contributed by atoms with van der Waals surface area (Å²) in [4.78, 5) is 17.6. The van der Waals surface area contributed by atoms with Gasteiger partial charge in [0.25, 0.3) is 0 Å². The van der Waals surface area contributed by atoms with Gasteiger partial charge >= 0.3 is 0 Å². The first-order valence-electron chi connectivity index (χ1n) is 7.21. The third-order valence-electron chi connectivity index (χ3n) is 4.01. The van der Waals surface area contributed by atoms with Crippen molar-refractivity contribution in [1.82, 2.24) is 15.2 Å². The maximum Gasteiger partial charge on any atom is 0.227 e. The molecule has 20 heavy (non-hydrogen) atoms. The van der Waals surface area contributed by atoms with E-state index in [-0.39, 0.29) is 5.91 Å². The standard InChI is InChI=1S/C16H21N3O/c1-11-7-12(2)16-13(10-18-14(16)8-11)9-15(20)19-5-3-17-4-6-19/h7-8,10,17-18H,3-6,9H2,1-2H3. The number of carbonyl (C=O) groups is 1. The Morgan fingerprint density at radius 3 is 2.75 bits per heavy atom. The number of carbonyl (C=O) groups excluding carboxylic acids is 1. The predicted octanol–water partition coefficient (Wildman–Crippen LogP) is 1.76. The Kier molecular flexibility index (Phi) is 3.49. The first-order valence-corrected chi connectivity index (χ1v) is 7.21. The number of aryl methyl sites for hydroxylation is 2. The number of nitrogens with one attached hydrogen (secondary N) is 2. The van der Waals surface area contributed by atoms with Gasteiger partial charge in [0.2, 0.25) is 5.91 Å². The summed E-state index contributed by atoms with van der Waals surface area (Å²) in [5, 5.41) is 4.48. The number of aromatic amines is 1. The number of nitrogens with zero attached hydrogens (tertiary/aromatic N) is 1. The predicted molar refractivity (Wildman–Crippen MR) is 80.9 cm³/mol. The Morgan fingerprint density at radius 2 is 2.00 bits per heavy atom. The first-order chi connectivity index (χ1) is 9.65. The van der Waals surface area contributed by atoms with E-state index in [1.165, 1.54) is 16.5 Å². The highest BCUT2D eigenvalue weighted by Crippen LogP contribution is 2.24. The number of aromatic nitrogens is 1. The minimum atomic E-state index is 0.229. The van der Waals surface area contributed by atoms with Crippen molar-refractivity contribution in [1.29, 1.82) is 0 Å². The fourth-order valence-corrected chi connectivity index (χ4v) is 3.07. The van der Waals surface area contributed by atoms with Gasteiger partial charge in [0, 0.05) is 43.3 Å². The van der Waals surface area contributed by atoms with Crippen LogP contribution in [0.1, 0.15) is 16.7 Å². The largest absolute Gasteiger partial charge is 0.361 e. The molecule has 1 aromatic carbocycles. The number of fused-ring (bicyclic) bond motifs is 1. The van der Waals surface area contributed by atoms with Crippen LogP contribution in [0, 0.1) is 13.8 Å². The van der Waals surface area contributed by atoms with Gasteiger partial charge in [-0.15, -0.1) is 0 Å². The van der Waals surface area contributed by atoms with Gasteiger partial charge in [-0.25, -0.2) is 0 Å². The van der Waals surface area contributed by atoms with Crippen LogP contribution in [-0.2, 0) is 11.2 Å². The minimum absolute atomic E-state index is 0.229. The van der Waals surface area contributed by atoms with E-state index in [1.54, 1.807) is 0 Å². The number of hydrogen-bond donors (Lipinski definition) is 2. The molecule has 106 valence electrons. The zero-order valence-corrected chi connectivity index (χ0v) is 12.1. The van der Waals surface area contributed by atoms with Crippen molar-refractivity contribution < 1.29 is 4.79 Å². The second-order valence-corrected chi connectivity index (χ2v) is 5.63. The molecule has 1 fully saturated rings. The molecule has 0 saturated carbocycles. The lowest BCUT2D eigenvalue weighted by Crippen LogP contribution is -2.46. The maximum absolute atomic E-state index is 12.4. The summed E-state index contributed by atoms with van der Waals surface area (Å²) in [5.41, 5.74) is 4.73. The number of piperazine rings is 1. The highest BCUT2D eigenvalue weighted by molar-refractivity contribution is 5.91. The number of amides is 1. The van der Waals surface area contributed by atoms with Crippen LogP contribution in [0.3, 0.4) is 0 Å². The number of H-pyrrole nitrogens is 1. The van der Waals surface area contributed by atoms with E-state index in [9.17, 15) is 4.79 Å². The molecule has 1 aliphatic heterocycles. The van der Waals surface area contributed by atoms with Crippen molar-refractivity contribution in [3.05, 3.63) is 35.0 Å². The molecule has 2 aromatic rings. The number of benzene rings is 1. The molecule has 3 rings (SSSR count). The molecule has 0 radical (unpaired) electrons. The van der Waals surface area contributed by atoms with Gasteiger partial charge in [0.05, 0.1) is 6.42 Å². The van der Waals surface area contributed by atoms with E-state index in [0.717, 1.165) is 37.3 Å². The fraction of sp³-hybridized carbons (Fsp3) is 0.438. The molecule has 4 heteroatoms. The molecule has 1 saturated heterocycles. The Bertz CT molecular complexity index is 638. The van der Waals surface area contributed by atoms with Crippen molar-refractivity contribution in [2.45, 2.75) is 20.3 Å². The normalized spacial score (nSPS) is 15.8. The van der Waals surface area contributed by atoms with Crippen LogP contribution in [0.25, 0.3) is 10.9 Å². The molecule has 0 unspecified atom stereocenters. The van der Waals surface area contributed by atoms with Crippen molar-refractivity contribution in [3.63, 3.8) is 0 Å². The van der Waals surface area contributed by atoms with Gasteiger partial charge in [-0.2, -0.15) is 0 Å². The quantitative estimate of drug-likeness (QED) is 0.874. The molecular weight excluding hydrogens is 250 g/mol. The van der Waals surface area contributed by atoms with Crippen LogP contribution in [-0.4, -0.2) is 42.0 Å². The summed E-state index contributed by atoms with van der Waals surface area (Å²) in [7, 11) is 0. The Balaban J connectivity index is 1.85. The fourth-order valence-electron chi connectivity index (χ4n) is 3.07. The molecule has 0 bridgehead atoms. The Labute approximate surface area is 119 Å². The van der Waals surface area contributed by atoms with Crippen molar-refractivity contribution in [3.8, 4) is 0 Å². The van der Waals surface area contributed by atoms with E-state index in [1.807, 2.05) is 11.1 Å². The highest BCUT2D eigenvalue weighted by Gasteiger charge is 2.18. The molecule has 0 spiro atoms. The first kappa shape index (κ1) is 13.2. The van der Waals surface area contributed by atoms with E-state index >= 15 is 0 Å². The molecule has 1 aliphatic rings. The average Bonchev–Trinajstić information content (AvgIpc) is 2.82. The Morgan fingerprint density at radius 1 is 1.25 bits per heavy atom. The van der Waals surface area contributed by atoms with Crippen molar-refractivity contribution in [2.24, 2.45) is 0 Å². The molecule has 1 aromatic heterocycles. The van der Waals surface area contributed by atoms with Crippen LogP contribution in [0.15, 0.2) is 18.3 Å². The Hall–Kier alpha value is -1.81. The van der Waals surface area contributed by atoms with E-state index in [2.05, 4.69) is 36.3 Å². The lowest BCUT2D eigenvalue weighted by atomic mass is 10.0. The monoisotopic (exact) mass is 271 g/mol. The smallest absolute Gasteiger partial charge is 0.227 e. The van der Waals surface area contributed by atoms with Crippen molar-refractivity contribution >= 4 is 16.8 Å². The zero-order chi connectivity index (χ0) is 14.1. The second-order valence-electron chi connectivity index (χ2n) is 5.63. The zero-order valence-electron chi connectivity index (χ0n) is 12.1. The lowest BCUT2D eigenvalue weighted by Gasteiger charge is -2.27. The summed E-state index contributed by atoms with van der Waals surface area (Å²) < 4.78 is 0. The summed E-state index contributed by atoms with van der Waals surface area (Å²) in [5.74, 6) is 0.229. The van der Waals surface area contributed by atoms with E-state index in [4.69, 9.17) is 0 Å². The van der Waals surface area contributed by atoms with Gasteiger partial charge in [-0.3, -0.25) is 4.79 Å². The molecule has 0 atom stereocenters. The van der Waals surface area contributed by atoms with Crippen LogP contribution < -0.4 is 5.32 Å². The second kappa shape index (κ2) is 5.29. The summed E-state index contributed by atoms with van der Waals surface area (Å²) in [6.45, 7) is 7.65. The van der Waals surface area contributed by atoms with Gasteiger partial charge in [0.1, 0.15) is 0 Å². The molecule has 0 aliphatic carbocycles. The van der Waals surface area contributed by atoms with Crippen LogP contribution >= 0.6 is 0 Å². The van der Waals surface area contributed by atoms with Gasteiger partial charge in [-0.05, 0) is 36.6 Å². The minimum Gasteiger partial charge on any atom is -0.361 e. The van der Waals surface area contributed by atoms with E-state index in [0.29, 0.717) is 6.42 Å². The van der Waals surface area contributed by atoms with Crippen LogP contribution in [0.2, 0.25) is 0 Å². The molecule has 2 heterocycles. The third-order valence-corrected chi connectivity index (χ3v) is 4.01. The van der Waals surface area contributed by atoms with Gasteiger partial charge in [-0.1, -0.05) is 6.07 Å². The third kappa shape index (κ3) is 2.43. The molecule has 1 amide bonds. The summed E-state index contributed by atoms with van der Waals surface area (Å²) in [6.07, 6.45) is 2.47. The maximum atomic E-state index is 12.4. The molecule has 2 N–H and O–H groups in total. The number of rotatable bonds is 2. The summed E-state index contributed by atoms with van der Waals surface area (Å²) in [6, 6.07) is 4.32. The SMILES string of the molecule is Cc1cc(C)c2c(CC(=O)N3CCNCC3)c[nH]c2c1.